The van der Waals surface area contributed by atoms with Crippen molar-refractivity contribution in [1.82, 2.24) is 15.2 Å². The van der Waals surface area contributed by atoms with Gasteiger partial charge < -0.3 is 5.11 Å². The minimum atomic E-state index is -1.49. The zero-order chi connectivity index (χ0) is 20.1. The lowest BCUT2D eigenvalue weighted by atomic mass is 9.75. The van der Waals surface area contributed by atoms with Gasteiger partial charge in [0, 0.05) is 11.7 Å². The molecule has 2 saturated heterocycles. The highest BCUT2D eigenvalue weighted by Gasteiger charge is 2.69. The van der Waals surface area contributed by atoms with Crippen LogP contribution in [0.25, 0.3) is 0 Å². The zero-order valence-electron chi connectivity index (χ0n) is 16.4. The maximum Gasteiger partial charge on any atom is 0.324 e. The van der Waals surface area contributed by atoms with E-state index in [0.717, 1.165) is 0 Å². The minimum Gasteiger partial charge on any atom is -0.480 e. The Morgan fingerprint density at radius 2 is 1.96 bits per heavy atom. The largest absolute Gasteiger partial charge is 0.480 e. The molecule has 0 spiro atoms. The maximum absolute atomic E-state index is 13.3. The van der Waals surface area contributed by atoms with Gasteiger partial charge in [-0.1, -0.05) is 19.9 Å². The second-order valence-corrected chi connectivity index (χ2v) is 8.94. The molecule has 27 heavy (non-hydrogen) atoms. The number of fused-ring (bicyclic) bond motifs is 1. The predicted molar refractivity (Wildman–Crippen MR) is 98.5 cm³/mol. The van der Waals surface area contributed by atoms with Crippen LogP contribution < -0.4 is 5.32 Å². The van der Waals surface area contributed by atoms with Crippen LogP contribution in [0.3, 0.4) is 0 Å². The zero-order valence-corrected chi connectivity index (χ0v) is 16.4. The average Bonchev–Trinajstić information content (AvgIpc) is 3.03. The third kappa shape index (κ3) is 2.94. The summed E-state index contributed by atoms with van der Waals surface area (Å²) in [5.41, 5.74) is -1.63. The van der Waals surface area contributed by atoms with Crippen molar-refractivity contribution in [2.45, 2.75) is 58.2 Å². The van der Waals surface area contributed by atoms with Crippen molar-refractivity contribution in [3.63, 3.8) is 0 Å². The van der Waals surface area contributed by atoms with Crippen molar-refractivity contribution in [3.05, 3.63) is 30.1 Å². The summed E-state index contributed by atoms with van der Waals surface area (Å²) in [4.78, 5) is 44.6. The molecular formula is C20H27N3O4. The summed E-state index contributed by atoms with van der Waals surface area (Å²) in [7, 11) is 0. The lowest BCUT2D eigenvalue weighted by Crippen LogP contribution is -2.58. The number of carbonyl (C=O) groups excluding carboxylic acids is 2. The number of carboxylic acid groups (broad SMARTS) is 1. The van der Waals surface area contributed by atoms with Crippen molar-refractivity contribution in [2.24, 2.45) is 17.8 Å². The second kappa shape index (κ2) is 6.41. The molecule has 2 aliphatic rings. The minimum absolute atomic E-state index is 0.0309. The first-order chi connectivity index (χ1) is 12.5. The standard InChI is InChI=1S/C20H27N3O4/c1-11(2)10-20(18(26)27)14-13(15(22-20)12-8-6-7-9-21-12)16(24)23(17(14)25)19(3,4)5/h6-9,11,13-15,22H,10H2,1-5H3,(H,26,27). The number of amides is 2. The summed E-state index contributed by atoms with van der Waals surface area (Å²) < 4.78 is 0. The maximum atomic E-state index is 13.3. The van der Waals surface area contributed by atoms with Gasteiger partial charge in [-0.3, -0.25) is 29.6 Å². The fraction of sp³-hybridized carbons (Fsp3) is 0.600. The average molecular weight is 373 g/mol. The highest BCUT2D eigenvalue weighted by molar-refractivity contribution is 6.10. The van der Waals surface area contributed by atoms with E-state index in [9.17, 15) is 19.5 Å². The summed E-state index contributed by atoms with van der Waals surface area (Å²) in [6.07, 6.45) is 1.86. The number of imide groups is 1. The van der Waals surface area contributed by atoms with Gasteiger partial charge in [0.1, 0.15) is 5.54 Å². The van der Waals surface area contributed by atoms with Crippen LogP contribution in [0.15, 0.2) is 24.4 Å². The lowest BCUT2D eigenvalue weighted by molar-refractivity contribution is -0.154. The summed E-state index contributed by atoms with van der Waals surface area (Å²) in [5, 5.41) is 13.3. The van der Waals surface area contributed by atoms with Gasteiger partial charge in [-0.25, -0.2) is 0 Å². The molecule has 3 rings (SSSR count). The molecule has 2 N–H and O–H groups in total. The molecular weight excluding hydrogens is 346 g/mol. The van der Waals surface area contributed by atoms with E-state index in [1.165, 1.54) is 4.90 Å². The van der Waals surface area contributed by atoms with E-state index in [1.807, 2.05) is 13.8 Å². The quantitative estimate of drug-likeness (QED) is 0.783. The Kier molecular flexibility index (Phi) is 4.62. The number of nitrogens with zero attached hydrogens (tertiary/aromatic N) is 2. The van der Waals surface area contributed by atoms with Crippen molar-refractivity contribution < 1.29 is 19.5 Å². The van der Waals surface area contributed by atoms with E-state index in [0.29, 0.717) is 5.69 Å². The summed E-state index contributed by atoms with van der Waals surface area (Å²) in [6.45, 7) is 9.20. The fourth-order valence-corrected chi connectivity index (χ4v) is 4.59. The van der Waals surface area contributed by atoms with Gasteiger partial charge >= 0.3 is 5.97 Å². The number of rotatable bonds is 4. The molecule has 0 bridgehead atoms. The molecule has 0 aromatic carbocycles. The van der Waals surface area contributed by atoms with E-state index < -0.39 is 40.8 Å². The molecule has 7 heteroatoms. The van der Waals surface area contributed by atoms with Gasteiger partial charge in [-0.2, -0.15) is 0 Å². The van der Waals surface area contributed by atoms with Crippen molar-refractivity contribution in [1.29, 1.82) is 0 Å². The molecule has 4 atom stereocenters. The number of aliphatic carboxylic acids is 1. The van der Waals surface area contributed by atoms with E-state index in [-0.39, 0.29) is 18.2 Å². The number of nitrogens with one attached hydrogen (secondary N) is 1. The lowest BCUT2D eigenvalue weighted by Gasteiger charge is -2.35. The Hall–Kier alpha value is -2.28. The summed E-state index contributed by atoms with van der Waals surface area (Å²) in [6, 6.07) is 4.71. The van der Waals surface area contributed by atoms with Crippen LogP contribution in [0.4, 0.5) is 0 Å². The second-order valence-electron chi connectivity index (χ2n) is 8.94. The van der Waals surface area contributed by atoms with Crippen molar-refractivity contribution in [3.8, 4) is 0 Å². The SMILES string of the molecule is CC(C)CC1(C(=O)O)NC(c2ccccn2)C2C(=O)N(C(C)(C)C)C(=O)C21. The Morgan fingerprint density at radius 1 is 1.30 bits per heavy atom. The number of hydrogen-bond donors (Lipinski definition) is 2. The molecule has 2 amide bonds. The highest BCUT2D eigenvalue weighted by Crippen LogP contribution is 2.51. The van der Waals surface area contributed by atoms with Gasteiger partial charge in [0.25, 0.3) is 0 Å². The van der Waals surface area contributed by atoms with Gasteiger partial charge in [0.15, 0.2) is 0 Å². The van der Waals surface area contributed by atoms with Gasteiger partial charge in [-0.05, 0) is 45.2 Å². The van der Waals surface area contributed by atoms with Crippen LogP contribution in [0.1, 0.15) is 52.8 Å². The third-order valence-electron chi connectivity index (χ3n) is 5.44. The number of likely N-dealkylation sites (tertiary alicyclic amines) is 1. The fourth-order valence-electron chi connectivity index (χ4n) is 4.59. The molecule has 3 heterocycles. The first kappa shape index (κ1) is 19.5. The van der Waals surface area contributed by atoms with Crippen LogP contribution in [0, 0.1) is 17.8 Å². The third-order valence-corrected chi connectivity index (χ3v) is 5.44. The normalized spacial score (nSPS) is 30.9. The highest BCUT2D eigenvalue weighted by atomic mass is 16.4. The molecule has 2 fully saturated rings. The van der Waals surface area contributed by atoms with Crippen LogP contribution in [-0.4, -0.2) is 43.9 Å². The Morgan fingerprint density at radius 3 is 2.44 bits per heavy atom. The monoisotopic (exact) mass is 373 g/mol. The molecule has 1 aromatic rings. The Labute approximate surface area is 159 Å². The molecule has 4 unspecified atom stereocenters. The van der Waals surface area contributed by atoms with Crippen molar-refractivity contribution in [2.75, 3.05) is 0 Å². The van der Waals surface area contributed by atoms with Gasteiger partial charge in [-0.15, -0.1) is 0 Å². The topological polar surface area (TPSA) is 99.6 Å². The van der Waals surface area contributed by atoms with Crippen LogP contribution in [0.2, 0.25) is 0 Å². The molecule has 2 aliphatic heterocycles. The molecule has 0 aliphatic carbocycles. The van der Waals surface area contributed by atoms with E-state index >= 15 is 0 Å². The first-order valence-corrected chi connectivity index (χ1v) is 9.30. The number of carbonyl (C=O) groups is 3. The number of carboxylic acids is 1. The Bertz CT molecular complexity index is 771. The summed E-state index contributed by atoms with van der Waals surface area (Å²) in [5.74, 6) is -3.53. The molecule has 146 valence electrons. The smallest absolute Gasteiger partial charge is 0.324 e. The van der Waals surface area contributed by atoms with Crippen LogP contribution in [-0.2, 0) is 14.4 Å². The predicted octanol–water partition coefficient (Wildman–Crippen LogP) is 2.00. The van der Waals surface area contributed by atoms with Gasteiger partial charge in [0.05, 0.1) is 23.6 Å². The molecule has 1 aromatic heterocycles. The number of hydrogen-bond acceptors (Lipinski definition) is 5. The molecule has 0 radical (unpaired) electrons. The van der Waals surface area contributed by atoms with E-state index in [2.05, 4.69) is 10.3 Å². The molecule has 0 saturated carbocycles. The first-order valence-electron chi connectivity index (χ1n) is 9.30. The number of aromatic nitrogens is 1. The van der Waals surface area contributed by atoms with E-state index in [1.54, 1.807) is 45.2 Å². The van der Waals surface area contributed by atoms with Crippen molar-refractivity contribution >= 4 is 17.8 Å². The number of pyridine rings is 1. The Balaban J connectivity index is 2.18. The molecule has 7 nitrogen and oxygen atoms in total. The van der Waals surface area contributed by atoms with Crippen LogP contribution >= 0.6 is 0 Å². The van der Waals surface area contributed by atoms with Crippen LogP contribution in [0.5, 0.6) is 0 Å². The summed E-state index contributed by atoms with van der Waals surface area (Å²) >= 11 is 0. The van der Waals surface area contributed by atoms with Gasteiger partial charge in [0.2, 0.25) is 11.8 Å². The van der Waals surface area contributed by atoms with E-state index in [4.69, 9.17) is 0 Å².